The fraction of sp³-hybridized carbons (Fsp3) is 0.692. The van der Waals surface area contributed by atoms with Gasteiger partial charge in [-0.1, -0.05) is 43.9 Å². The van der Waals surface area contributed by atoms with Crippen molar-refractivity contribution in [3.8, 4) is 0 Å². The van der Waals surface area contributed by atoms with E-state index in [1.54, 1.807) is 6.07 Å². The van der Waals surface area contributed by atoms with Crippen LogP contribution in [0.15, 0.2) is 12.1 Å². The zero-order chi connectivity index (χ0) is 13.4. The fourth-order valence-electron chi connectivity index (χ4n) is 1.81. The Morgan fingerprint density at radius 1 is 1.39 bits per heavy atom. The second-order valence-corrected chi connectivity index (χ2v) is 5.78. The van der Waals surface area contributed by atoms with Crippen molar-refractivity contribution < 1.29 is 4.92 Å². The van der Waals surface area contributed by atoms with Gasteiger partial charge in [-0.2, -0.15) is 0 Å². The highest BCUT2D eigenvalue weighted by Crippen LogP contribution is 2.23. The van der Waals surface area contributed by atoms with Gasteiger partial charge in [0.25, 0.3) is 0 Å². The molecule has 0 saturated carbocycles. The smallest absolute Gasteiger partial charge is 0.309 e. The van der Waals surface area contributed by atoms with Crippen LogP contribution in [0.2, 0.25) is 0 Å². The van der Waals surface area contributed by atoms with E-state index >= 15 is 0 Å². The number of nitrogens with one attached hydrogen (secondary N) is 1. The Labute approximate surface area is 113 Å². The highest BCUT2D eigenvalue weighted by atomic mass is 32.1. The van der Waals surface area contributed by atoms with Crippen LogP contribution in [0, 0.1) is 10.1 Å². The Morgan fingerprint density at radius 3 is 2.78 bits per heavy atom. The number of unbranched alkanes of at least 4 members (excludes halogenated alkanes) is 3. The molecule has 0 fully saturated rings. The Morgan fingerprint density at radius 2 is 2.17 bits per heavy atom. The molecular formula is C13H22N2O2S. The number of thiophene rings is 1. The fourth-order valence-corrected chi connectivity index (χ4v) is 2.58. The standard InChI is InChI=1S/C13H22N2O2S/c1-3-4-5-6-7-11(2)14-10-12-8-9-13(18-12)15(16)17/h8-9,11,14H,3-7,10H2,1-2H3. The predicted molar refractivity (Wildman–Crippen MR) is 76.0 cm³/mol. The summed E-state index contributed by atoms with van der Waals surface area (Å²) in [4.78, 5) is 11.2. The molecule has 18 heavy (non-hydrogen) atoms. The van der Waals surface area contributed by atoms with Gasteiger partial charge in [0.05, 0.1) is 4.92 Å². The highest BCUT2D eigenvalue weighted by Gasteiger charge is 2.10. The first-order chi connectivity index (χ1) is 8.63. The van der Waals surface area contributed by atoms with E-state index in [0.717, 1.165) is 11.4 Å². The molecule has 0 aliphatic heterocycles. The van der Waals surface area contributed by atoms with Crippen LogP contribution in [0.5, 0.6) is 0 Å². The molecule has 0 aliphatic carbocycles. The van der Waals surface area contributed by atoms with E-state index in [4.69, 9.17) is 0 Å². The zero-order valence-corrected chi connectivity index (χ0v) is 12.0. The van der Waals surface area contributed by atoms with E-state index in [9.17, 15) is 10.1 Å². The average molecular weight is 270 g/mol. The Balaban J connectivity index is 2.20. The van der Waals surface area contributed by atoms with E-state index in [-0.39, 0.29) is 9.92 Å². The van der Waals surface area contributed by atoms with Crippen LogP contribution in [-0.2, 0) is 6.54 Å². The van der Waals surface area contributed by atoms with Gasteiger partial charge >= 0.3 is 5.00 Å². The van der Waals surface area contributed by atoms with Crippen LogP contribution in [0.3, 0.4) is 0 Å². The summed E-state index contributed by atoms with van der Waals surface area (Å²) in [6.45, 7) is 5.12. The third-order valence-corrected chi connectivity index (χ3v) is 3.98. The van der Waals surface area contributed by atoms with Gasteiger partial charge in [-0.25, -0.2) is 0 Å². The summed E-state index contributed by atoms with van der Waals surface area (Å²) in [5, 5.41) is 14.2. The summed E-state index contributed by atoms with van der Waals surface area (Å²) >= 11 is 1.25. The molecule has 1 heterocycles. The van der Waals surface area contributed by atoms with Crippen LogP contribution in [0.4, 0.5) is 5.00 Å². The van der Waals surface area contributed by atoms with Gasteiger partial charge in [0.15, 0.2) is 0 Å². The maximum atomic E-state index is 10.6. The molecule has 5 heteroatoms. The first kappa shape index (κ1) is 15.1. The Hall–Kier alpha value is -0.940. The number of hydrogen-bond donors (Lipinski definition) is 1. The van der Waals surface area contributed by atoms with E-state index in [1.807, 2.05) is 6.07 Å². The van der Waals surface area contributed by atoms with Gasteiger partial charge in [0.2, 0.25) is 0 Å². The normalized spacial score (nSPS) is 12.6. The molecule has 1 aromatic rings. The number of rotatable bonds is 9. The summed E-state index contributed by atoms with van der Waals surface area (Å²) in [6.07, 6.45) is 6.30. The zero-order valence-electron chi connectivity index (χ0n) is 11.1. The molecule has 1 rings (SSSR count). The second-order valence-electron chi connectivity index (χ2n) is 4.63. The van der Waals surface area contributed by atoms with Crippen LogP contribution < -0.4 is 5.32 Å². The van der Waals surface area contributed by atoms with E-state index in [0.29, 0.717) is 6.04 Å². The lowest BCUT2D eigenvalue weighted by atomic mass is 10.1. The van der Waals surface area contributed by atoms with Crippen LogP contribution in [0.1, 0.15) is 50.8 Å². The first-order valence-electron chi connectivity index (χ1n) is 6.60. The van der Waals surface area contributed by atoms with Crippen molar-refractivity contribution in [3.63, 3.8) is 0 Å². The largest absolute Gasteiger partial charge is 0.324 e. The molecule has 4 nitrogen and oxygen atoms in total. The molecule has 0 amide bonds. The van der Waals surface area contributed by atoms with Gasteiger partial charge < -0.3 is 5.32 Å². The second kappa shape index (κ2) is 8.21. The van der Waals surface area contributed by atoms with E-state index < -0.39 is 0 Å². The summed E-state index contributed by atoms with van der Waals surface area (Å²) in [7, 11) is 0. The molecule has 0 aromatic carbocycles. The van der Waals surface area contributed by atoms with Crippen molar-refractivity contribution in [1.82, 2.24) is 5.32 Å². The first-order valence-corrected chi connectivity index (χ1v) is 7.41. The molecule has 1 unspecified atom stereocenters. The topological polar surface area (TPSA) is 55.2 Å². The third kappa shape index (κ3) is 5.60. The molecule has 1 N–H and O–H groups in total. The lowest BCUT2D eigenvalue weighted by Gasteiger charge is -2.12. The molecule has 0 aliphatic rings. The summed E-state index contributed by atoms with van der Waals surface area (Å²) in [5.41, 5.74) is 0. The number of hydrogen-bond acceptors (Lipinski definition) is 4. The molecule has 0 spiro atoms. The highest BCUT2D eigenvalue weighted by molar-refractivity contribution is 7.15. The molecule has 102 valence electrons. The van der Waals surface area contributed by atoms with Gasteiger partial charge in [-0.15, -0.1) is 0 Å². The summed E-state index contributed by atoms with van der Waals surface area (Å²) < 4.78 is 0. The Bertz CT molecular complexity index is 366. The van der Waals surface area contributed by atoms with Gasteiger partial charge in [-0.05, 0) is 19.4 Å². The van der Waals surface area contributed by atoms with Crippen LogP contribution in [0.25, 0.3) is 0 Å². The van der Waals surface area contributed by atoms with Crippen molar-refractivity contribution >= 4 is 16.3 Å². The van der Waals surface area contributed by atoms with Crippen molar-refractivity contribution in [2.75, 3.05) is 0 Å². The summed E-state index contributed by atoms with van der Waals surface area (Å²) in [6, 6.07) is 3.88. The number of nitrogens with zero attached hydrogens (tertiary/aromatic N) is 1. The third-order valence-electron chi connectivity index (χ3n) is 2.94. The summed E-state index contributed by atoms with van der Waals surface area (Å²) in [5.74, 6) is 0. The molecule has 0 radical (unpaired) electrons. The minimum Gasteiger partial charge on any atom is -0.309 e. The van der Waals surface area contributed by atoms with Crippen LogP contribution in [-0.4, -0.2) is 11.0 Å². The molecule has 0 saturated heterocycles. The SMILES string of the molecule is CCCCCCC(C)NCc1ccc([N+](=O)[O-])s1. The van der Waals surface area contributed by atoms with E-state index in [1.165, 1.54) is 43.4 Å². The molecule has 1 atom stereocenters. The molecule has 1 aromatic heterocycles. The average Bonchev–Trinajstić information content (AvgIpc) is 2.81. The van der Waals surface area contributed by atoms with E-state index in [2.05, 4.69) is 19.2 Å². The van der Waals surface area contributed by atoms with Crippen LogP contribution >= 0.6 is 11.3 Å². The Kier molecular flexibility index (Phi) is 6.90. The van der Waals surface area contributed by atoms with Crippen molar-refractivity contribution in [3.05, 3.63) is 27.1 Å². The van der Waals surface area contributed by atoms with Crippen molar-refractivity contribution in [2.24, 2.45) is 0 Å². The molecule has 0 bridgehead atoms. The predicted octanol–water partition coefficient (Wildman–Crippen LogP) is 4.10. The van der Waals surface area contributed by atoms with Gasteiger partial charge in [0.1, 0.15) is 0 Å². The number of nitro groups is 1. The molecular weight excluding hydrogens is 248 g/mol. The van der Waals surface area contributed by atoms with Crippen molar-refractivity contribution in [2.45, 2.75) is 58.5 Å². The quantitative estimate of drug-likeness (QED) is 0.417. The minimum absolute atomic E-state index is 0.224. The minimum atomic E-state index is -0.331. The van der Waals surface area contributed by atoms with Gasteiger partial charge in [0, 0.05) is 23.5 Å². The maximum Gasteiger partial charge on any atom is 0.324 e. The lowest BCUT2D eigenvalue weighted by Crippen LogP contribution is -2.24. The van der Waals surface area contributed by atoms with Crippen molar-refractivity contribution in [1.29, 1.82) is 0 Å². The van der Waals surface area contributed by atoms with Gasteiger partial charge in [-0.3, -0.25) is 10.1 Å². The lowest BCUT2D eigenvalue weighted by molar-refractivity contribution is -0.380. The monoisotopic (exact) mass is 270 g/mol. The maximum absolute atomic E-state index is 10.6.